The summed E-state index contributed by atoms with van der Waals surface area (Å²) in [6.07, 6.45) is 2.45. The highest BCUT2D eigenvalue weighted by Crippen LogP contribution is 2.13. The lowest BCUT2D eigenvalue weighted by atomic mass is 10.1. The highest BCUT2D eigenvalue weighted by atomic mass is 16.5. The lowest BCUT2D eigenvalue weighted by Gasteiger charge is -2.18. The number of hydrogen-bond donors (Lipinski definition) is 3. The largest absolute Gasteiger partial charge is 0.464 e. The average molecular weight is 719 g/mol. The van der Waals surface area contributed by atoms with E-state index < -0.39 is 5.97 Å². The Balaban J connectivity index is 0. The van der Waals surface area contributed by atoms with Gasteiger partial charge in [0.2, 0.25) is 0 Å². The van der Waals surface area contributed by atoms with E-state index in [1.807, 2.05) is 45.2 Å². The van der Waals surface area contributed by atoms with Gasteiger partial charge in [0.05, 0.1) is 13.2 Å². The van der Waals surface area contributed by atoms with E-state index in [0.717, 1.165) is 24.5 Å². The van der Waals surface area contributed by atoms with Gasteiger partial charge >= 0.3 is 30.0 Å². The van der Waals surface area contributed by atoms with Gasteiger partial charge in [-0.3, -0.25) is 29.5 Å². The SMILES string of the molecule is CC(=O)OCCNC(=O)N(C)c1ccc(C)cc1.CCCc1ccc(C)cc1.CCN(C)C(=O)NCOC(C)=O.CCN(C)CNCOC(C)=O. The fraction of sp³-hybridized carbons (Fsp3) is 0.541. The maximum atomic E-state index is 11.7. The number of anilines is 1. The van der Waals surface area contributed by atoms with Crippen molar-refractivity contribution in [3.8, 4) is 0 Å². The van der Waals surface area contributed by atoms with Crippen LogP contribution in [0.2, 0.25) is 0 Å². The summed E-state index contributed by atoms with van der Waals surface area (Å²) in [7, 11) is 5.33. The summed E-state index contributed by atoms with van der Waals surface area (Å²) in [6.45, 7) is 17.3. The number of esters is 3. The number of amides is 4. The van der Waals surface area contributed by atoms with Crippen molar-refractivity contribution in [1.82, 2.24) is 25.8 Å². The molecule has 51 heavy (non-hydrogen) atoms. The van der Waals surface area contributed by atoms with Crippen LogP contribution < -0.4 is 20.9 Å². The zero-order valence-electron chi connectivity index (χ0n) is 32.6. The van der Waals surface area contributed by atoms with Crippen molar-refractivity contribution in [3.05, 3.63) is 65.2 Å². The van der Waals surface area contributed by atoms with Crippen LogP contribution in [0, 0.1) is 13.8 Å². The number of ether oxygens (including phenoxy) is 3. The molecule has 0 unspecified atom stereocenters. The number of hydrogen-bond acceptors (Lipinski definition) is 10. The Bertz CT molecular complexity index is 1260. The number of benzene rings is 2. The lowest BCUT2D eigenvalue weighted by molar-refractivity contribution is -0.142. The molecular weight excluding hydrogens is 656 g/mol. The van der Waals surface area contributed by atoms with Crippen molar-refractivity contribution in [2.75, 3.05) is 72.4 Å². The molecule has 4 amide bonds. The van der Waals surface area contributed by atoms with Crippen LogP contribution in [-0.2, 0) is 35.0 Å². The van der Waals surface area contributed by atoms with Gasteiger partial charge in [-0.15, -0.1) is 0 Å². The first kappa shape index (κ1) is 48.4. The maximum Gasteiger partial charge on any atom is 0.321 e. The molecule has 0 aliphatic carbocycles. The minimum atomic E-state index is -0.408. The predicted molar refractivity (Wildman–Crippen MR) is 201 cm³/mol. The first-order chi connectivity index (χ1) is 24.1. The number of carbonyl (C=O) groups excluding carboxylic acids is 5. The van der Waals surface area contributed by atoms with E-state index in [9.17, 15) is 24.0 Å². The quantitative estimate of drug-likeness (QED) is 0.107. The summed E-state index contributed by atoms with van der Waals surface area (Å²) >= 11 is 0. The fourth-order valence-electron chi connectivity index (χ4n) is 3.38. The Kier molecular flexibility index (Phi) is 28.6. The minimum absolute atomic E-state index is 0.0709. The molecule has 2 aromatic rings. The molecule has 0 saturated carbocycles. The van der Waals surface area contributed by atoms with Crippen LogP contribution >= 0.6 is 0 Å². The van der Waals surface area contributed by atoms with Gasteiger partial charge in [-0.25, -0.2) is 9.59 Å². The van der Waals surface area contributed by atoms with Crippen molar-refractivity contribution in [1.29, 1.82) is 0 Å². The number of aryl methyl sites for hydroxylation is 3. The standard InChI is InChI=1S/C13H18N2O3.C10H14.C7H14N2O3.C7H16N2O2/c1-10-4-6-12(7-5-10)15(3)13(17)14-8-9-18-11(2)16;1-3-4-10-7-5-9(2)6-8-10;1-4-9(3)7(11)8-5-12-6(2)10;1-4-9(3)5-8-6-11-7(2)10/h4-7H,8-9H2,1-3H3,(H,14,17);5-8H,3-4H2,1-2H3;4-5H2,1-3H3,(H,8,11);8H,4-6H2,1-3H3. The van der Waals surface area contributed by atoms with Gasteiger partial charge in [-0.05, 0) is 58.5 Å². The Hall–Kier alpha value is -4.69. The maximum absolute atomic E-state index is 11.7. The molecule has 0 aliphatic rings. The fourth-order valence-corrected chi connectivity index (χ4v) is 3.38. The third-order valence-electron chi connectivity index (χ3n) is 6.69. The number of urea groups is 2. The van der Waals surface area contributed by atoms with Gasteiger partial charge in [-0.1, -0.05) is 67.8 Å². The summed E-state index contributed by atoms with van der Waals surface area (Å²) in [5, 5.41) is 8.02. The summed E-state index contributed by atoms with van der Waals surface area (Å²) in [4.78, 5) is 58.9. The highest BCUT2D eigenvalue weighted by Gasteiger charge is 2.09. The molecule has 0 radical (unpaired) electrons. The second-order valence-electron chi connectivity index (χ2n) is 11.3. The number of rotatable bonds is 14. The van der Waals surface area contributed by atoms with Crippen LogP contribution in [0.4, 0.5) is 15.3 Å². The molecule has 0 spiro atoms. The Morgan fingerprint density at radius 1 is 0.647 bits per heavy atom. The second kappa shape index (κ2) is 30.2. The molecule has 0 atom stereocenters. The number of nitrogens with zero attached hydrogens (tertiary/aromatic N) is 3. The molecule has 0 fully saturated rings. The molecule has 14 nitrogen and oxygen atoms in total. The molecule has 0 bridgehead atoms. The van der Waals surface area contributed by atoms with E-state index in [1.165, 1.54) is 54.5 Å². The third kappa shape index (κ3) is 28.8. The van der Waals surface area contributed by atoms with Crippen LogP contribution in [0.25, 0.3) is 0 Å². The third-order valence-corrected chi connectivity index (χ3v) is 6.69. The van der Waals surface area contributed by atoms with E-state index in [2.05, 4.69) is 75.4 Å². The number of carbonyl (C=O) groups is 5. The zero-order valence-corrected chi connectivity index (χ0v) is 32.6. The van der Waals surface area contributed by atoms with Gasteiger partial charge in [0.15, 0.2) is 6.73 Å². The van der Waals surface area contributed by atoms with Gasteiger partial charge in [0.1, 0.15) is 13.3 Å². The van der Waals surface area contributed by atoms with Crippen molar-refractivity contribution < 1.29 is 38.2 Å². The van der Waals surface area contributed by atoms with Crippen LogP contribution in [0.5, 0.6) is 0 Å². The molecule has 0 aliphatic heterocycles. The molecule has 2 aromatic carbocycles. The van der Waals surface area contributed by atoms with Crippen molar-refractivity contribution in [2.45, 2.75) is 68.2 Å². The van der Waals surface area contributed by atoms with Crippen LogP contribution in [-0.4, -0.2) is 107 Å². The summed E-state index contributed by atoms with van der Waals surface area (Å²) < 4.78 is 13.9. The van der Waals surface area contributed by atoms with Crippen molar-refractivity contribution >= 4 is 35.7 Å². The lowest BCUT2D eigenvalue weighted by Crippen LogP contribution is -2.39. The normalized spacial score (nSPS) is 9.65. The molecule has 3 N–H and O–H groups in total. The predicted octanol–water partition coefficient (Wildman–Crippen LogP) is 4.83. The van der Waals surface area contributed by atoms with E-state index in [1.54, 1.807) is 14.1 Å². The molecule has 14 heteroatoms. The zero-order chi connectivity index (χ0) is 39.2. The Labute approximate surface area is 305 Å². The number of nitrogens with one attached hydrogen (secondary N) is 3. The molecule has 0 aromatic heterocycles. The van der Waals surface area contributed by atoms with Crippen molar-refractivity contribution in [2.24, 2.45) is 0 Å². The highest BCUT2D eigenvalue weighted by molar-refractivity contribution is 5.91. The summed E-state index contributed by atoms with van der Waals surface area (Å²) in [5.74, 6) is -1.01. The monoisotopic (exact) mass is 718 g/mol. The van der Waals surface area contributed by atoms with Crippen molar-refractivity contribution in [3.63, 3.8) is 0 Å². The van der Waals surface area contributed by atoms with Gasteiger partial charge in [0, 0.05) is 47.1 Å². The first-order valence-corrected chi connectivity index (χ1v) is 17.0. The Morgan fingerprint density at radius 2 is 1.16 bits per heavy atom. The average Bonchev–Trinajstić information content (AvgIpc) is 3.09. The van der Waals surface area contributed by atoms with Gasteiger partial charge < -0.3 is 29.7 Å². The van der Waals surface area contributed by atoms with E-state index in [-0.39, 0.29) is 37.3 Å². The molecule has 0 saturated heterocycles. The van der Waals surface area contributed by atoms with E-state index in [4.69, 9.17) is 4.74 Å². The topological polar surface area (TPSA) is 159 Å². The van der Waals surface area contributed by atoms with Crippen LogP contribution in [0.1, 0.15) is 64.7 Å². The molecular formula is C37H62N6O8. The Morgan fingerprint density at radius 3 is 1.63 bits per heavy atom. The van der Waals surface area contributed by atoms with Gasteiger partial charge in [-0.2, -0.15) is 0 Å². The first-order valence-electron chi connectivity index (χ1n) is 17.0. The van der Waals surface area contributed by atoms with E-state index in [0.29, 0.717) is 19.8 Å². The van der Waals surface area contributed by atoms with Gasteiger partial charge in [0.25, 0.3) is 0 Å². The minimum Gasteiger partial charge on any atom is -0.464 e. The smallest absolute Gasteiger partial charge is 0.321 e. The van der Waals surface area contributed by atoms with E-state index >= 15 is 0 Å². The van der Waals surface area contributed by atoms with Crippen LogP contribution in [0.15, 0.2) is 48.5 Å². The molecule has 288 valence electrons. The summed E-state index contributed by atoms with van der Waals surface area (Å²) in [5.41, 5.74) is 4.75. The summed E-state index contributed by atoms with van der Waals surface area (Å²) in [6, 6.07) is 15.9. The second-order valence-corrected chi connectivity index (χ2v) is 11.3. The van der Waals surface area contributed by atoms with Crippen LogP contribution in [0.3, 0.4) is 0 Å². The molecule has 0 heterocycles. The molecule has 2 rings (SSSR count).